The molecule has 0 fully saturated rings. The monoisotopic (exact) mass is 288 g/mol. The molecule has 0 N–H and O–H groups in total. The van der Waals surface area contributed by atoms with E-state index in [1.54, 1.807) is 6.08 Å². The van der Waals surface area contributed by atoms with Crippen LogP contribution in [0.1, 0.15) is 73.6 Å². The van der Waals surface area contributed by atoms with Gasteiger partial charge in [0.1, 0.15) is 0 Å². The minimum Gasteiger partial charge on any atom is -0.295 e. The largest absolute Gasteiger partial charge is 0.295 e. The molecule has 0 bridgehead atoms. The maximum absolute atomic E-state index is 11.7. The fourth-order valence-electron chi connectivity index (χ4n) is 2.06. The second-order valence-electron chi connectivity index (χ2n) is 6.18. The molecule has 0 saturated heterocycles. The summed E-state index contributed by atoms with van der Waals surface area (Å²) in [6, 6.07) is 0. The molecule has 21 heavy (non-hydrogen) atoms. The number of carbonyl (C=O) groups is 1. The van der Waals surface area contributed by atoms with Crippen molar-refractivity contribution in [2.75, 3.05) is 0 Å². The average Bonchev–Trinajstić information content (AvgIpc) is 2.37. The lowest BCUT2D eigenvalue weighted by molar-refractivity contribution is -0.114. The number of hydrogen-bond acceptors (Lipinski definition) is 1. The molecular weight excluding hydrogens is 256 g/mol. The van der Waals surface area contributed by atoms with Gasteiger partial charge < -0.3 is 0 Å². The zero-order valence-electron chi connectivity index (χ0n) is 14.8. The van der Waals surface area contributed by atoms with Gasteiger partial charge in [0.25, 0.3) is 0 Å². The first kappa shape index (κ1) is 19.6. The summed E-state index contributed by atoms with van der Waals surface area (Å²) < 4.78 is 0. The lowest BCUT2D eigenvalue weighted by Crippen LogP contribution is -1.94. The molecule has 0 aromatic heterocycles. The molecule has 0 rings (SSSR count). The van der Waals surface area contributed by atoms with Gasteiger partial charge in [0, 0.05) is 6.42 Å². The predicted octanol–water partition coefficient (Wildman–Crippen LogP) is 6.33. The van der Waals surface area contributed by atoms with Gasteiger partial charge in [-0.15, -0.1) is 0 Å². The van der Waals surface area contributed by atoms with Gasteiger partial charge in [-0.05, 0) is 73.3 Å². The van der Waals surface area contributed by atoms with Crippen LogP contribution in [0.3, 0.4) is 0 Å². The molecule has 0 aromatic rings. The van der Waals surface area contributed by atoms with Crippen LogP contribution in [0.5, 0.6) is 0 Å². The molecule has 0 aromatic carbocycles. The molecule has 1 heteroatoms. The van der Waals surface area contributed by atoms with Crippen molar-refractivity contribution in [3.63, 3.8) is 0 Å². The Hall–Kier alpha value is -1.37. The van der Waals surface area contributed by atoms with Crippen LogP contribution in [0.15, 0.2) is 46.6 Å². The molecule has 0 aliphatic heterocycles. The molecule has 0 unspecified atom stereocenters. The highest BCUT2D eigenvalue weighted by atomic mass is 16.1. The van der Waals surface area contributed by atoms with Crippen LogP contribution < -0.4 is 0 Å². The molecule has 0 aliphatic rings. The Morgan fingerprint density at radius 3 is 1.86 bits per heavy atom. The third kappa shape index (κ3) is 12.1. The maximum atomic E-state index is 11.7. The summed E-state index contributed by atoms with van der Waals surface area (Å²) in [5.74, 6) is 0.206. The van der Waals surface area contributed by atoms with Crippen molar-refractivity contribution in [3.8, 4) is 0 Å². The van der Waals surface area contributed by atoms with E-state index in [1.807, 2.05) is 20.8 Å². The highest BCUT2D eigenvalue weighted by molar-refractivity contribution is 5.91. The van der Waals surface area contributed by atoms with Gasteiger partial charge >= 0.3 is 0 Å². The summed E-state index contributed by atoms with van der Waals surface area (Å²) in [7, 11) is 0. The van der Waals surface area contributed by atoms with E-state index < -0.39 is 0 Å². The second-order valence-corrected chi connectivity index (χ2v) is 6.18. The number of hydrogen-bond donors (Lipinski definition) is 0. The Morgan fingerprint density at radius 2 is 1.33 bits per heavy atom. The normalized spacial score (nSPS) is 13.3. The fraction of sp³-hybridized carbons (Fsp3) is 0.550. The summed E-state index contributed by atoms with van der Waals surface area (Å²) in [6.07, 6.45) is 13.4. The van der Waals surface area contributed by atoms with Crippen LogP contribution in [-0.4, -0.2) is 5.78 Å². The van der Waals surface area contributed by atoms with Gasteiger partial charge in [0.2, 0.25) is 0 Å². The van der Waals surface area contributed by atoms with Gasteiger partial charge in [-0.1, -0.05) is 40.5 Å². The molecule has 118 valence electrons. The summed E-state index contributed by atoms with van der Waals surface area (Å²) in [5, 5.41) is 0. The minimum atomic E-state index is 0.206. The van der Waals surface area contributed by atoms with E-state index in [4.69, 9.17) is 0 Å². The van der Waals surface area contributed by atoms with Crippen molar-refractivity contribution in [1.29, 1.82) is 0 Å². The van der Waals surface area contributed by atoms with Crippen molar-refractivity contribution in [2.45, 2.75) is 73.6 Å². The lowest BCUT2D eigenvalue weighted by Gasteiger charge is -2.02. The first-order chi connectivity index (χ1) is 9.85. The van der Waals surface area contributed by atoms with Gasteiger partial charge in [-0.25, -0.2) is 0 Å². The van der Waals surface area contributed by atoms with E-state index in [-0.39, 0.29) is 5.78 Å². The first-order valence-electron chi connectivity index (χ1n) is 7.96. The summed E-state index contributed by atoms with van der Waals surface area (Å²) in [4.78, 5) is 11.7. The highest BCUT2D eigenvalue weighted by Crippen LogP contribution is 2.12. The zero-order chi connectivity index (χ0) is 16.3. The summed E-state index contributed by atoms with van der Waals surface area (Å²) >= 11 is 0. The molecule has 0 radical (unpaired) electrons. The molecule has 0 spiro atoms. The Labute approximate surface area is 131 Å². The second kappa shape index (κ2) is 11.3. The average molecular weight is 288 g/mol. The Morgan fingerprint density at radius 1 is 0.810 bits per heavy atom. The van der Waals surface area contributed by atoms with E-state index in [2.05, 4.69) is 39.0 Å². The predicted molar refractivity (Wildman–Crippen MR) is 94.5 cm³/mol. The molecule has 0 atom stereocenters. The molecule has 0 aliphatic carbocycles. The number of ketones is 1. The molecule has 0 heterocycles. The fourth-order valence-corrected chi connectivity index (χ4v) is 2.06. The Kier molecular flexibility index (Phi) is 10.6. The van der Waals surface area contributed by atoms with Crippen LogP contribution in [-0.2, 0) is 4.79 Å². The number of carbonyl (C=O) groups excluding carboxylic acids is 1. The van der Waals surface area contributed by atoms with Crippen molar-refractivity contribution in [3.05, 3.63) is 46.6 Å². The lowest BCUT2D eigenvalue weighted by atomic mass is 10.0. The quantitative estimate of drug-likeness (QED) is 0.358. The molecular formula is C20H32O. The third-order valence-electron chi connectivity index (χ3n) is 3.46. The molecule has 0 saturated carbocycles. The molecule has 0 amide bonds. The van der Waals surface area contributed by atoms with Gasteiger partial charge in [0.05, 0.1) is 0 Å². The van der Waals surface area contributed by atoms with E-state index in [0.717, 1.165) is 31.3 Å². The van der Waals surface area contributed by atoms with Crippen molar-refractivity contribution in [2.24, 2.45) is 0 Å². The van der Waals surface area contributed by atoms with E-state index in [0.29, 0.717) is 6.42 Å². The van der Waals surface area contributed by atoms with Crippen LogP contribution in [0, 0.1) is 0 Å². The standard InChI is InChI=1S/C20H32O/c1-7-17(4)10-8-11-18(5)12-9-13-19(6)15-20(21)14-16(2)3/h7,11,13-14H,8-10,12,15H2,1-6H3. The van der Waals surface area contributed by atoms with Crippen LogP contribution in [0.25, 0.3) is 0 Å². The zero-order valence-corrected chi connectivity index (χ0v) is 14.8. The number of allylic oxidation sites excluding steroid dienone is 8. The Bertz CT molecular complexity index is 440. The van der Waals surface area contributed by atoms with Crippen LogP contribution in [0.4, 0.5) is 0 Å². The first-order valence-corrected chi connectivity index (χ1v) is 7.96. The smallest absolute Gasteiger partial charge is 0.159 e. The number of rotatable bonds is 9. The van der Waals surface area contributed by atoms with Gasteiger partial charge in [-0.2, -0.15) is 0 Å². The third-order valence-corrected chi connectivity index (χ3v) is 3.46. The van der Waals surface area contributed by atoms with Crippen molar-refractivity contribution < 1.29 is 4.79 Å². The molecule has 1 nitrogen and oxygen atoms in total. The van der Waals surface area contributed by atoms with Crippen molar-refractivity contribution in [1.82, 2.24) is 0 Å². The maximum Gasteiger partial charge on any atom is 0.159 e. The van der Waals surface area contributed by atoms with E-state index in [9.17, 15) is 4.79 Å². The van der Waals surface area contributed by atoms with Crippen LogP contribution >= 0.6 is 0 Å². The van der Waals surface area contributed by atoms with Crippen molar-refractivity contribution >= 4 is 5.78 Å². The van der Waals surface area contributed by atoms with Gasteiger partial charge in [0.15, 0.2) is 5.78 Å². The van der Waals surface area contributed by atoms with Crippen LogP contribution in [0.2, 0.25) is 0 Å². The Balaban J connectivity index is 4.10. The van der Waals surface area contributed by atoms with E-state index in [1.165, 1.54) is 16.7 Å². The summed E-state index contributed by atoms with van der Waals surface area (Å²) in [5.41, 5.74) is 5.14. The SMILES string of the molecule is CC=C(C)CCC=C(C)CCC=C(C)CC(=O)C=C(C)C. The minimum absolute atomic E-state index is 0.206. The summed E-state index contributed by atoms with van der Waals surface area (Å²) in [6.45, 7) is 12.4. The van der Waals surface area contributed by atoms with Gasteiger partial charge in [-0.3, -0.25) is 4.79 Å². The van der Waals surface area contributed by atoms with E-state index >= 15 is 0 Å². The topological polar surface area (TPSA) is 17.1 Å². The highest BCUT2D eigenvalue weighted by Gasteiger charge is 1.99.